The van der Waals surface area contributed by atoms with Gasteiger partial charge in [0.2, 0.25) is 0 Å². The van der Waals surface area contributed by atoms with Gasteiger partial charge in [-0.2, -0.15) is 5.10 Å². The Balaban J connectivity index is 2.72. The average molecular weight is 137 g/mol. The first kappa shape index (κ1) is 6.86. The highest BCUT2D eigenvalue weighted by Crippen LogP contribution is 2.08. The Morgan fingerprint density at radius 3 is 2.80 bits per heavy atom. The van der Waals surface area contributed by atoms with E-state index in [1.54, 1.807) is 0 Å². The number of allylic oxidation sites excluding steroid dienone is 2. The summed E-state index contributed by atoms with van der Waals surface area (Å²) in [6, 6.07) is 0. The molecule has 0 aliphatic heterocycles. The fraction of sp³-hybridized carbons (Fsp3) is 0.286. The Bertz CT molecular complexity index is 201. The van der Waals surface area contributed by atoms with Crippen molar-refractivity contribution in [3.63, 3.8) is 0 Å². The van der Waals surface area contributed by atoms with Crippen molar-refractivity contribution >= 4 is 5.84 Å². The summed E-state index contributed by atoms with van der Waals surface area (Å²) in [5.74, 6) is 5.40. The van der Waals surface area contributed by atoms with E-state index in [9.17, 15) is 0 Å². The minimum atomic E-state index is 0.413. The van der Waals surface area contributed by atoms with Gasteiger partial charge in [0.05, 0.1) is 0 Å². The Hall–Kier alpha value is -1.25. The lowest BCUT2D eigenvalue weighted by Gasteiger charge is -2.03. The van der Waals surface area contributed by atoms with Crippen LogP contribution in [0.3, 0.4) is 0 Å². The zero-order valence-electron chi connectivity index (χ0n) is 5.75. The van der Waals surface area contributed by atoms with Crippen LogP contribution in [-0.2, 0) is 0 Å². The Morgan fingerprint density at radius 2 is 2.30 bits per heavy atom. The molecule has 0 unspecified atom stereocenters. The van der Waals surface area contributed by atoms with E-state index in [2.05, 4.69) is 11.2 Å². The molecule has 0 spiro atoms. The molecule has 4 N–H and O–H groups in total. The molecule has 0 fully saturated rings. The summed E-state index contributed by atoms with van der Waals surface area (Å²) in [5.41, 5.74) is 6.39. The van der Waals surface area contributed by atoms with E-state index >= 15 is 0 Å². The van der Waals surface area contributed by atoms with Gasteiger partial charge in [0.1, 0.15) is 5.84 Å². The summed E-state index contributed by atoms with van der Waals surface area (Å²) in [4.78, 5) is 0. The van der Waals surface area contributed by atoms with Crippen LogP contribution in [0, 0.1) is 0 Å². The maximum absolute atomic E-state index is 5.45. The van der Waals surface area contributed by atoms with Crippen molar-refractivity contribution in [3.8, 4) is 0 Å². The number of hydrogen-bond acceptors (Lipinski definition) is 2. The van der Waals surface area contributed by atoms with Gasteiger partial charge in [-0.15, -0.1) is 0 Å². The van der Waals surface area contributed by atoms with Crippen LogP contribution in [0.4, 0.5) is 0 Å². The molecule has 3 heteroatoms. The highest BCUT2D eigenvalue weighted by molar-refractivity contribution is 5.99. The first-order chi connectivity index (χ1) is 4.84. The first-order valence-electron chi connectivity index (χ1n) is 3.25. The molecule has 0 saturated carbocycles. The molecular formula is C7H11N3. The number of nitrogens with zero attached hydrogens (tertiary/aromatic N) is 1. The molecule has 1 rings (SSSR count). The van der Waals surface area contributed by atoms with Crippen molar-refractivity contribution in [1.82, 2.24) is 0 Å². The third-order valence-electron chi connectivity index (χ3n) is 1.43. The molecule has 0 aromatic carbocycles. The summed E-state index contributed by atoms with van der Waals surface area (Å²) in [6.07, 6.45) is 8.15. The van der Waals surface area contributed by atoms with Gasteiger partial charge >= 0.3 is 0 Å². The lowest BCUT2D eigenvalue weighted by molar-refractivity contribution is 1.03. The van der Waals surface area contributed by atoms with Crippen LogP contribution in [0.5, 0.6) is 0 Å². The molecule has 1 aliphatic carbocycles. The molecule has 0 bridgehead atoms. The third kappa shape index (κ3) is 1.37. The number of hydrazone groups is 1. The normalized spacial score (nSPS) is 18.8. The zero-order chi connectivity index (χ0) is 7.40. The van der Waals surface area contributed by atoms with E-state index in [0.29, 0.717) is 5.84 Å². The van der Waals surface area contributed by atoms with Gasteiger partial charge in [-0.25, -0.2) is 0 Å². The average Bonchev–Trinajstić information content (AvgIpc) is 2.05. The lowest BCUT2D eigenvalue weighted by atomic mass is 10.1. The molecular weight excluding hydrogens is 126 g/mol. The Morgan fingerprint density at radius 1 is 1.50 bits per heavy atom. The molecule has 0 aromatic rings. The van der Waals surface area contributed by atoms with Gasteiger partial charge in [-0.3, -0.25) is 0 Å². The molecule has 0 aromatic heterocycles. The van der Waals surface area contributed by atoms with E-state index in [-0.39, 0.29) is 0 Å². The highest BCUT2D eigenvalue weighted by Gasteiger charge is 1.99. The molecule has 3 nitrogen and oxygen atoms in total. The lowest BCUT2D eigenvalue weighted by Crippen LogP contribution is -2.16. The molecule has 0 heterocycles. The molecule has 54 valence electrons. The predicted molar refractivity (Wildman–Crippen MR) is 42.3 cm³/mol. The van der Waals surface area contributed by atoms with E-state index in [1.165, 1.54) is 0 Å². The van der Waals surface area contributed by atoms with Gasteiger partial charge in [0.25, 0.3) is 0 Å². The van der Waals surface area contributed by atoms with Gasteiger partial charge in [-0.05, 0) is 12.8 Å². The topological polar surface area (TPSA) is 64.4 Å². The van der Waals surface area contributed by atoms with E-state index in [1.807, 2.05) is 12.2 Å². The van der Waals surface area contributed by atoms with Gasteiger partial charge in [-0.1, -0.05) is 18.2 Å². The highest BCUT2D eigenvalue weighted by atomic mass is 15.2. The molecule has 1 aliphatic rings. The maximum atomic E-state index is 5.45. The van der Waals surface area contributed by atoms with Crippen LogP contribution in [0.15, 0.2) is 28.9 Å². The van der Waals surface area contributed by atoms with E-state index < -0.39 is 0 Å². The molecule has 10 heavy (non-hydrogen) atoms. The summed E-state index contributed by atoms with van der Waals surface area (Å²) in [5, 5.41) is 3.39. The first-order valence-corrected chi connectivity index (χ1v) is 3.25. The van der Waals surface area contributed by atoms with E-state index in [0.717, 1.165) is 18.4 Å². The standard InChI is InChI=1S/C7H11N3/c8-7(10-9)6-4-2-1-3-5-6/h2,4-5H,1,3,9H2,(H2,8,10). The second-order valence-electron chi connectivity index (χ2n) is 2.15. The number of hydrogen-bond donors (Lipinski definition) is 2. The van der Waals surface area contributed by atoms with Crippen molar-refractivity contribution in [2.75, 3.05) is 0 Å². The van der Waals surface area contributed by atoms with Gasteiger partial charge in [0, 0.05) is 5.57 Å². The fourth-order valence-electron chi connectivity index (χ4n) is 0.878. The Kier molecular flexibility index (Phi) is 2.10. The van der Waals surface area contributed by atoms with Crippen molar-refractivity contribution in [1.29, 1.82) is 0 Å². The summed E-state index contributed by atoms with van der Waals surface area (Å²) in [7, 11) is 0. The van der Waals surface area contributed by atoms with Crippen LogP contribution in [0.1, 0.15) is 12.8 Å². The summed E-state index contributed by atoms with van der Waals surface area (Å²) >= 11 is 0. The summed E-state index contributed by atoms with van der Waals surface area (Å²) < 4.78 is 0. The van der Waals surface area contributed by atoms with Crippen molar-refractivity contribution in [2.45, 2.75) is 12.8 Å². The Labute approximate surface area is 60.1 Å². The van der Waals surface area contributed by atoms with Crippen LogP contribution in [0.25, 0.3) is 0 Å². The minimum Gasteiger partial charge on any atom is -0.382 e. The van der Waals surface area contributed by atoms with Crippen molar-refractivity contribution < 1.29 is 0 Å². The molecule has 0 amide bonds. The summed E-state index contributed by atoms with van der Waals surface area (Å²) in [6.45, 7) is 0. The molecule has 0 atom stereocenters. The monoisotopic (exact) mass is 137 g/mol. The largest absolute Gasteiger partial charge is 0.382 e. The fourth-order valence-corrected chi connectivity index (χ4v) is 0.878. The van der Waals surface area contributed by atoms with Gasteiger partial charge in [0.15, 0.2) is 0 Å². The quantitative estimate of drug-likeness (QED) is 0.239. The van der Waals surface area contributed by atoms with Crippen molar-refractivity contribution in [2.24, 2.45) is 16.7 Å². The number of amidine groups is 1. The second kappa shape index (κ2) is 3.06. The van der Waals surface area contributed by atoms with Crippen LogP contribution in [0.2, 0.25) is 0 Å². The smallest absolute Gasteiger partial charge is 0.149 e. The number of rotatable bonds is 1. The maximum Gasteiger partial charge on any atom is 0.149 e. The third-order valence-corrected chi connectivity index (χ3v) is 1.43. The van der Waals surface area contributed by atoms with Crippen LogP contribution >= 0.6 is 0 Å². The minimum absolute atomic E-state index is 0.413. The molecule has 0 saturated heterocycles. The second-order valence-corrected chi connectivity index (χ2v) is 2.15. The predicted octanol–water partition coefficient (Wildman–Crippen LogP) is 0.494. The van der Waals surface area contributed by atoms with Crippen LogP contribution < -0.4 is 11.6 Å². The molecule has 0 radical (unpaired) electrons. The van der Waals surface area contributed by atoms with E-state index in [4.69, 9.17) is 11.6 Å². The zero-order valence-corrected chi connectivity index (χ0v) is 5.75. The van der Waals surface area contributed by atoms with Crippen LogP contribution in [-0.4, -0.2) is 5.84 Å². The van der Waals surface area contributed by atoms with Crippen molar-refractivity contribution in [3.05, 3.63) is 23.8 Å². The van der Waals surface area contributed by atoms with Gasteiger partial charge < -0.3 is 11.6 Å². The SMILES string of the molecule is NN=C(N)C1=CCCC=C1. The number of nitrogens with two attached hydrogens (primary N) is 2.